The average molecular weight is 567 g/mol. The Bertz CT molecular complexity index is 674. The molecule has 3 heterocycles. The van der Waals surface area contributed by atoms with Crippen LogP contribution in [0.3, 0.4) is 0 Å². The van der Waals surface area contributed by atoms with Crippen LogP contribution in [0, 0.1) is 41.9 Å². The first-order valence-electron chi connectivity index (χ1n) is 13.6. The van der Waals surface area contributed by atoms with E-state index in [9.17, 15) is 4.79 Å². The van der Waals surface area contributed by atoms with E-state index in [-0.39, 0.29) is 124 Å². The van der Waals surface area contributed by atoms with Gasteiger partial charge in [0.25, 0.3) is 0 Å². The molecule has 35 heavy (non-hydrogen) atoms. The van der Waals surface area contributed by atoms with Crippen molar-refractivity contribution in [2.24, 2.45) is 35.5 Å². The van der Waals surface area contributed by atoms with Crippen molar-refractivity contribution in [3.05, 3.63) is 6.42 Å². The molecule has 14 atom stereocenters. The minimum absolute atomic E-state index is 0. The van der Waals surface area contributed by atoms with E-state index >= 15 is 0 Å². The summed E-state index contributed by atoms with van der Waals surface area (Å²) >= 11 is 0. The largest absolute Gasteiger partial charge is 1.00 e. The second kappa shape index (κ2) is 14.1. The molecule has 198 valence electrons. The summed E-state index contributed by atoms with van der Waals surface area (Å²) in [6.45, 7) is 21.1. The molecule has 6 nitrogen and oxygen atoms in total. The van der Waals surface area contributed by atoms with Gasteiger partial charge in [0.05, 0.1) is 24.4 Å². The number of ether oxygens (including phenoxy) is 5. The molecule has 3 aliphatic heterocycles. The van der Waals surface area contributed by atoms with Gasteiger partial charge in [0, 0.05) is 11.8 Å². The topological polar surface area (TPSA) is 63.2 Å². The molecule has 0 spiro atoms. The van der Waals surface area contributed by atoms with Crippen molar-refractivity contribution in [3.8, 4) is 0 Å². The van der Waals surface area contributed by atoms with Crippen LogP contribution < -0.4 is 58.2 Å². The first kappa shape index (κ1) is 32.5. The zero-order valence-corrected chi connectivity index (χ0v) is 28.9. The number of carbonyl (C=O) groups excluding carboxylic acids is 1. The Kier molecular flexibility index (Phi) is 13.1. The molecule has 0 amide bonds. The zero-order valence-electron chi connectivity index (χ0n) is 24.0. The second-order valence-electron chi connectivity index (χ2n) is 11.3. The molecule has 3 rings (SSSR count). The van der Waals surface area contributed by atoms with Crippen LogP contribution in [0.4, 0.5) is 0 Å². The first-order chi connectivity index (χ1) is 16.0. The van der Waals surface area contributed by atoms with E-state index in [2.05, 4.69) is 68.7 Å². The third-order valence-corrected chi connectivity index (χ3v) is 8.98. The summed E-state index contributed by atoms with van der Waals surface area (Å²) in [4.78, 5) is 12.8. The van der Waals surface area contributed by atoms with Crippen molar-refractivity contribution in [3.63, 3.8) is 0 Å². The van der Waals surface area contributed by atoms with Gasteiger partial charge in [0.1, 0.15) is 6.10 Å². The number of hydrogen-bond acceptors (Lipinski definition) is 6. The van der Waals surface area contributed by atoms with Crippen LogP contribution in [-0.2, 0) is 28.5 Å². The van der Waals surface area contributed by atoms with Gasteiger partial charge in [-0.05, 0) is 37.5 Å². The van der Waals surface area contributed by atoms with Crippen LogP contribution in [-0.4, -0.2) is 55.0 Å². The molecule has 0 radical (unpaired) electrons. The summed E-state index contributed by atoms with van der Waals surface area (Å²) in [7, 11) is 0. The van der Waals surface area contributed by atoms with Crippen molar-refractivity contribution in [1.29, 1.82) is 0 Å². The van der Waals surface area contributed by atoms with E-state index in [0.717, 1.165) is 12.8 Å². The maximum absolute atomic E-state index is 12.8. The SMILES string of the molecule is CCC1OC(C)[CH-]C(C)[C@H]1O[C@@H]1OC(C(C)=O)[C@@H](O[C@H]2OC(CC)[C@@H](C)[C@H](C)C2C)[C@H](C)C1C.[Rb+]. The average Bonchev–Trinajstić information content (AvgIpc) is 2.79. The molecule has 3 saturated heterocycles. The Morgan fingerprint density at radius 1 is 0.714 bits per heavy atom. The number of carbonyl (C=O) groups is 1. The maximum Gasteiger partial charge on any atom is 1.00 e. The van der Waals surface area contributed by atoms with Gasteiger partial charge in [-0.25, -0.2) is 0 Å². The number of ketones is 1. The standard InChI is InChI=1S/C28H49O6.Rb/c1-11-22-17(6)16(5)19(8)27(31-22)33-25-18(7)20(9)28(34-26(25)21(10)29)32-24-14(3)13-15(4)30-23(24)12-2;/h13-20,22-28H,11-12H2,1-10H3;/q-1;+1/t14?,15?,16-,17-,18+,19?,20?,22?,23?,24+,25-,26?,27+,28+;/m0./s1. The number of hydrogen-bond donors (Lipinski definition) is 0. The van der Waals surface area contributed by atoms with Crippen LogP contribution >= 0.6 is 0 Å². The molecule has 0 aliphatic carbocycles. The van der Waals surface area contributed by atoms with Gasteiger partial charge in [0.2, 0.25) is 0 Å². The van der Waals surface area contributed by atoms with E-state index in [1.165, 1.54) is 0 Å². The van der Waals surface area contributed by atoms with Crippen LogP contribution in [0.25, 0.3) is 0 Å². The summed E-state index contributed by atoms with van der Waals surface area (Å²) in [6, 6.07) is 0. The third-order valence-electron chi connectivity index (χ3n) is 8.98. The minimum atomic E-state index is -0.676. The Morgan fingerprint density at radius 3 is 1.83 bits per heavy atom. The predicted molar refractivity (Wildman–Crippen MR) is 132 cm³/mol. The molecule has 7 heteroatoms. The Hall–Kier alpha value is 1.28. The number of rotatable bonds is 7. The Balaban J connectivity index is 0.00000432. The second-order valence-corrected chi connectivity index (χ2v) is 11.3. The van der Waals surface area contributed by atoms with Crippen LogP contribution in [0.5, 0.6) is 0 Å². The van der Waals surface area contributed by atoms with Gasteiger partial charge >= 0.3 is 58.2 Å². The fourth-order valence-corrected chi connectivity index (χ4v) is 6.08. The van der Waals surface area contributed by atoms with Crippen LogP contribution in [0.15, 0.2) is 0 Å². The summed E-state index contributed by atoms with van der Waals surface area (Å²) in [5.74, 6) is 1.54. The molecular weight excluding hydrogens is 518 g/mol. The number of Topliss-reactive ketones (excluding diaryl/α,β-unsaturated/α-hetero) is 1. The monoisotopic (exact) mass is 566 g/mol. The molecule has 0 aromatic rings. The molecular formula is C28H49O6Rb. The molecule has 0 aromatic heterocycles. The maximum atomic E-state index is 12.8. The zero-order chi connectivity index (χ0) is 25.3. The molecule has 0 saturated carbocycles. The first-order valence-corrected chi connectivity index (χ1v) is 13.6. The fraction of sp³-hybridized carbons (Fsp3) is 0.929. The van der Waals surface area contributed by atoms with Gasteiger partial charge < -0.3 is 23.7 Å². The quantitative estimate of drug-likeness (QED) is 0.441. The summed E-state index contributed by atoms with van der Waals surface area (Å²) in [6.07, 6.45) is 2.33. The Labute approximate surface area is 263 Å². The third kappa shape index (κ3) is 7.27. The van der Waals surface area contributed by atoms with Crippen molar-refractivity contribution in [2.45, 2.75) is 131 Å². The molecule has 0 aromatic carbocycles. The summed E-state index contributed by atoms with van der Waals surface area (Å²) in [5, 5.41) is 0. The van der Waals surface area contributed by atoms with Crippen molar-refractivity contribution < 1.29 is 86.7 Å². The van der Waals surface area contributed by atoms with Crippen molar-refractivity contribution in [1.82, 2.24) is 0 Å². The van der Waals surface area contributed by atoms with Gasteiger partial charge in [0.15, 0.2) is 18.4 Å². The molecule has 7 unspecified atom stereocenters. The van der Waals surface area contributed by atoms with E-state index in [1.54, 1.807) is 6.92 Å². The predicted octanol–water partition coefficient (Wildman–Crippen LogP) is 2.43. The fourth-order valence-electron chi connectivity index (χ4n) is 6.08. The normalized spacial score (nSPS) is 48.7. The summed E-state index contributed by atoms with van der Waals surface area (Å²) < 4.78 is 32.1. The summed E-state index contributed by atoms with van der Waals surface area (Å²) in [5.41, 5.74) is 0. The van der Waals surface area contributed by atoms with Crippen LogP contribution in [0.2, 0.25) is 0 Å². The smallest absolute Gasteiger partial charge is 0.404 e. The Morgan fingerprint density at radius 2 is 1.26 bits per heavy atom. The molecule has 0 N–H and O–H groups in total. The van der Waals surface area contributed by atoms with Crippen molar-refractivity contribution >= 4 is 5.78 Å². The van der Waals surface area contributed by atoms with Gasteiger partial charge in [-0.1, -0.05) is 68.4 Å². The van der Waals surface area contributed by atoms with E-state index < -0.39 is 12.4 Å². The van der Waals surface area contributed by atoms with Crippen molar-refractivity contribution in [2.75, 3.05) is 0 Å². The van der Waals surface area contributed by atoms with Gasteiger partial charge in [-0.3, -0.25) is 11.2 Å². The molecule has 3 aliphatic rings. The van der Waals surface area contributed by atoms with Gasteiger partial charge in [-0.15, -0.1) is 5.92 Å². The van der Waals surface area contributed by atoms with E-state index in [1.807, 2.05) is 0 Å². The minimum Gasteiger partial charge on any atom is -0.404 e. The van der Waals surface area contributed by atoms with Crippen LogP contribution in [0.1, 0.15) is 82.1 Å². The van der Waals surface area contributed by atoms with Gasteiger partial charge in [-0.2, -0.15) is 0 Å². The van der Waals surface area contributed by atoms with E-state index in [0.29, 0.717) is 11.8 Å². The molecule has 0 bridgehead atoms. The van der Waals surface area contributed by atoms with E-state index in [4.69, 9.17) is 23.7 Å². The molecule has 3 fully saturated rings.